The molecule has 0 fully saturated rings. The second-order valence-electron chi connectivity index (χ2n) is 3.66. The number of aryl methyl sites for hydroxylation is 1. The van der Waals surface area contributed by atoms with Crippen LogP contribution in [0.5, 0.6) is 0 Å². The molecule has 3 heteroatoms. The number of carbonyl (C=O) groups excluding carboxylic acids is 1. The Morgan fingerprint density at radius 1 is 1.35 bits per heavy atom. The Balaban J connectivity index is 2.47. The van der Waals surface area contributed by atoms with Crippen LogP contribution in [-0.2, 0) is 15.9 Å². The van der Waals surface area contributed by atoms with Crippen molar-refractivity contribution < 1.29 is 14.3 Å². The first-order valence-corrected chi connectivity index (χ1v) is 5.67. The van der Waals surface area contributed by atoms with Crippen molar-refractivity contribution in [1.82, 2.24) is 0 Å². The fraction of sp³-hybridized carbons (Fsp3) is 0.357. The molecule has 0 aliphatic heterocycles. The molecule has 0 aliphatic rings. The van der Waals surface area contributed by atoms with Gasteiger partial charge in [0.2, 0.25) is 0 Å². The van der Waals surface area contributed by atoms with E-state index in [4.69, 9.17) is 4.74 Å². The second kappa shape index (κ2) is 7.49. The maximum absolute atomic E-state index is 11.0. The molecular formula is C14H18O3. The summed E-state index contributed by atoms with van der Waals surface area (Å²) in [4.78, 5) is 11.0. The Morgan fingerprint density at radius 3 is 2.65 bits per heavy atom. The normalized spacial score (nSPS) is 12.4. The second-order valence-corrected chi connectivity index (χ2v) is 3.66. The highest BCUT2D eigenvalue weighted by molar-refractivity contribution is 5.60. The molecule has 1 atom stereocenters. The lowest BCUT2D eigenvalue weighted by Crippen LogP contribution is -2.16. The monoisotopic (exact) mass is 234 g/mol. The van der Waals surface area contributed by atoms with Gasteiger partial charge in [-0.15, -0.1) is 0 Å². The molecule has 0 heterocycles. The van der Waals surface area contributed by atoms with E-state index in [0.717, 1.165) is 12.8 Å². The van der Waals surface area contributed by atoms with Crippen molar-refractivity contribution in [2.75, 3.05) is 7.11 Å². The summed E-state index contributed by atoms with van der Waals surface area (Å²) >= 11 is 0. The minimum atomic E-state index is -0.638. The van der Waals surface area contributed by atoms with E-state index in [0.29, 0.717) is 0 Å². The number of hydrogen-bond acceptors (Lipinski definition) is 3. The summed E-state index contributed by atoms with van der Waals surface area (Å²) < 4.78 is 9.60. The van der Waals surface area contributed by atoms with Gasteiger partial charge in [-0.05, 0) is 31.4 Å². The lowest BCUT2D eigenvalue weighted by Gasteiger charge is -2.13. The Bertz CT molecular complexity index is 357. The van der Waals surface area contributed by atoms with Gasteiger partial charge in [-0.25, -0.2) is 4.79 Å². The number of hydrogen-bond donors (Lipinski definition) is 0. The summed E-state index contributed by atoms with van der Waals surface area (Å²) in [6.07, 6.45) is 4.49. The van der Waals surface area contributed by atoms with E-state index in [1.807, 2.05) is 37.3 Å². The van der Waals surface area contributed by atoms with E-state index >= 15 is 0 Å². The van der Waals surface area contributed by atoms with Gasteiger partial charge in [0.25, 0.3) is 0 Å². The van der Waals surface area contributed by atoms with Crippen LogP contribution in [0.3, 0.4) is 0 Å². The largest absolute Gasteiger partial charge is 0.508 e. The fourth-order valence-electron chi connectivity index (χ4n) is 1.53. The molecule has 0 radical (unpaired) electrons. The van der Waals surface area contributed by atoms with Gasteiger partial charge in [0.05, 0.1) is 7.11 Å². The summed E-state index contributed by atoms with van der Waals surface area (Å²) in [5.41, 5.74) is 1.23. The number of allylic oxidation sites excluding steroid dienone is 1. The average molecular weight is 234 g/mol. The Morgan fingerprint density at radius 2 is 2.06 bits per heavy atom. The summed E-state index contributed by atoms with van der Waals surface area (Å²) in [6.45, 7) is 1.90. The van der Waals surface area contributed by atoms with E-state index in [2.05, 4.69) is 16.9 Å². The van der Waals surface area contributed by atoms with Gasteiger partial charge >= 0.3 is 6.16 Å². The van der Waals surface area contributed by atoms with Gasteiger partial charge in [0.1, 0.15) is 6.10 Å². The Labute approximate surface area is 102 Å². The van der Waals surface area contributed by atoms with E-state index in [1.54, 1.807) is 0 Å². The molecule has 1 aromatic rings. The highest BCUT2D eigenvalue weighted by Gasteiger charge is 2.11. The van der Waals surface area contributed by atoms with Crippen LogP contribution in [0.2, 0.25) is 0 Å². The number of ether oxygens (including phenoxy) is 2. The average Bonchev–Trinajstić information content (AvgIpc) is 2.37. The van der Waals surface area contributed by atoms with Crippen molar-refractivity contribution in [2.45, 2.75) is 25.9 Å². The maximum Gasteiger partial charge on any atom is 0.508 e. The zero-order valence-electron chi connectivity index (χ0n) is 10.3. The summed E-state index contributed by atoms with van der Waals surface area (Å²) in [6, 6.07) is 10.1. The lowest BCUT2D eigenvalue weighted by atomic mass is 10.1. The third-order valence-corrected chi connectivity index (χ3v) is 2.38. The molecule has 0 N–H and O–H groups in total. The van der Waals surface area contributed by atoms with Gasteiger partial charge in [-0.1, -0.05) is 36.4 Å². The van der Waals surface area contributed by atoms with Gasteiger partial charge in [0, 0.05) is 0 Å². The van der Waals surface area contributed by atoms with Crippen LogP contribution in [0.25, 0.3) is 0 Å². The van der Waals surface area contributed by atoms with E-state index in [1.165, 1.54) is 12.7 Å². The predicted octanol–water partition coefficient (Wildman–Crippen LogP) is 3.35. The van der Waals surface area contributed by atoms with Gasteiger partial charge in [0.15, 0.2) is 0 Å². The van der Waals surface area contributed by atoms with Crippen LogP contribution in [-0.4, -0.2) is 19.4 Å². The standard InChI is InChI=1S/C14H18O3/c1-3-7-13(17-14(15)16-2)11-10-12-8-5-4-6-9-12/h3-9,13H,10-11H2,1-2H3/b7-3+. The number of carbonyl (C=O) groups is 1. The molecule has 0 bridgehead atoms. The van der Waals surface area contributed by atoms with Crippen molar-refractivity contribution in [2.24, 2.45) is 0 Å². The minimum absolute atomic E-state index is 0.229. The highest BCUT2D eigenvalue weighted by Crippen LogP contribution is 2.09. The first-order chi connectivity index (χ1) is 8.26. The molecule has 1 rings (SSSR count). The van der Waals surface area contributed by atoms with Crippen molar-refractivity contribution in [1.29, 1.82) is 0 Å². The number of rotatable bonds is 5. The Kier molecular flexibility index (Phi) is 5.86. The molecule has 92 valence electrons. The molecular weight excluding hydrogens is 216 g/mol. The van der Waals surface area contributed by atoms with Crippen LogP contribution >= 0.6 is 0 Å². The molecule has 0 spiro atoms. The molecule has 0 amide bonds. The van der Waals surface area contributed by atoms with Crippen LogP contribution in [0.1, 0.15) is 18.9 Å². The van der Waals surface area contributed by atoms with Crippen LogP contribution in [0.4, 0.5) is 4.79 Å². The molecule has 17 heavy (non-hydrogen) atoms. The first kappa shape index (κ1) is 13.3. The summed E-state index contributed by atoms with van der Waals surface area (Å²) in [5, 5.41) is 0. The van der Waals surface area contributed by atoms with E-state index in [-0.39, 0.29) is 6.10 Å². The minimum Gasteiger partial charge on any atom is -0.438 e. The fourth-order valence-corrected chi connectivity index (χ4v) is 1.53. The zero-order chi connectivity index (χ0) is 12.5. The van der Waals surface area contributed by atoms with Crippen LogP contribution in [0, 0.1) is 0 Å². The lowest BCUT2D eigenvalue weighted by molar-refractivity contribution is 0.0500. The van der Waals surface area contributed by atoms with Gasteiger partial charge in [-0.3, -0.25) is 0 Å². The van der Waals surface area contributed by atoms with Crippen molar-refractivity contribution in [3.8, 4) is 0 Å². The van der Waals surface area contributed by atoms with Crippen molar-refractivity contribution >= 4 is 6.16 Å². The molecule has 0 saturated heterocycles. The van der Waals surface area contributed by atoms with Crippen LogP contribution in [0.15, 0.2) is 42.5 Å². The van der Waals surface area contributed by atoms with E-state index < -0.39 is 6.16 Å². The first-order valence-electron chi connectivity index (χ1n) is 5.67. The molecule has 1 unspecified atom stereocenters. The third-order valence-electron chi connectivity index (χ3n) is 2.38. The third kappa shape index (κ3) is 5.20. The van der Waals surface area contributed by atoms with E-state index in [9.17, 15) is 4.79 Å². The zero-order valence-corrected chi connectivity index (χ0v) is 10.3. The Hall–Kier alpha value is -1.77. The topological polar surface area (TPSA) is 35.5 Å². The SMILES string of the molecule is C/C=C/C(CCc1ccccc1)OC(=O)OC. The van der Waals surface area contributed by atoms with Crippen molar-refractivity contribution in [3.05, 3.63) is 48.0 Å². The number of benzene rings is 1. The van der Waals surface area contributed by atoms with Crippen LogP contribution < -0.4 is 0 Å². The molecule has 1 aromatic carbocycles. The maximum atomic E-state index is 11.0. The molecule has 3 nitrogen and oxygen atoms in total. The smallest absolute Gasteiger partial charge is 0.438 e. The summed E-state index contributed by atoms with van der Waals surface area (Å²) in [5.74, 6) is 0. The number of methoxy groups -OCH3 is 1. The summed E-state index contributed by atoms with van der Waals surface area (Å²) in [7, 11) is 1.31. The molecule has 0 saturated carbocycles. The quantitative estimate of drug-likeness (QED) is 0.579. The molecule has 0 aromatic heterocycles. The van der Waals surface area contributed by atoms with Gasteiger partial charge in [-0.2, -0.15) is 0 Å². The van der Waals surface area contributed by atoms with Crippen molar-refractivity contribution in [3.63, 3.8) is 0 Å². The molecule has 0 aliphatic carbocycles. The van der Waals surface area contributed by atoms with Gasteiger partial charge < -0.3 is 9.47 Å². The predicted molar refractivity (Wildman–Crippen MR) is 66.9 cm³/mol. The highest BCUT2D eigenvalue weighted by atomic mass is 16.7.